The van der Waals surface area contributed by atoms with Crippen LogP contribution in [0.3, 0.4) is 0 Å². The molecule has 0 aliphatic heterocycles. The molecule has 0 radical (unpaired) electrons. The van der Waals surface area contributed by atoms with E-state index in [4.69, 9.17) is 9.15 Å². The third kappa shape index (κ3) is 3.73. The van der Waals surface area contributed by atoms with Crippen LogP contribution >= 0.6 is 0 Å². The molecule has 0 aliphatic carbocycles. The number of carbonyl (C=O) groups is 1. The first kappa shape index (κ1) is 15.3. The van der Waals surface area contributed by atoms with E-state index >= 15 is 0 Å². The summed E-state index contributed by atoms with van der Waals surface area (Å²) in [5.74, 6) is 0.209. The Morgan fingerprint density at radius 2 is 1.90 bits per heavy atom. The van der Waals surface area contributed by atoms with E-state index in [0.29, 0.717) is 18.9 Å². The summed E-state index contributed by atoms with van der Waals surface area (Å²) in [7, 11) is 1.64. The number of carbonyl (C=O) groups excluding carboxylic acids is 1. The largest absolute Gasteiger partial charge is 0.459 e. The molecular formula is C17H21NO3. The Kier molecular flexibility index (Phi) is 4.81. The van der Waals surface area contributed by atoms with E-state index in [0.717, 1.165) is 5.56 Å². The van der Waals surface area contributed by atoms with Gasteiger partial charge in [-0.3, -0.25) is 4.79 Å². The summed E-state index contributed by atoms with van der Waals surface area (Å²) in [4.78, 5) is 14.5. The minimum absolute atomic E-state index is 0.133. The van der Waals surface area contributed by atoms with Crippen LogP contribution in [0.4, 0.5) is 0 Å². The van der Waals surface area contributed by atoms with Gasteiger partial charge in [0.15, 0.2) is 5.76 Å². The second kappa shape index (κ2) is 6.59. The second-order valence-electron chi connectivity index (χ2n) is 5.60. The number of furan rings is 1. The van der Waals surface area contributed by atoms with Crippen LogP contribution in [0.1, 0.15) is 30.0 Å². The molecule has 2 rings (SSSR count). The van der Waals surface area contributed by atoms with Gasteiger partial charge >= 0.3 is 0 Å². The van der Waals surface area contributed by atoms with Gasteiger partial charge in [0.05, 0.1) is 18.4 Å². The maximum absolute atomic E-state index is 12.7. The molecule has 0 spiro atoms. The highest BCUT2D eigenvalue weighted by Gasteiger charge is 2.32. The first-order valence-electron chi connectivity index (χ1n) is 6.93. The number of rotatable bonds is 6. The third-order valence-electron chi connectivity index (χ3n) is 3.39. The Morgan fingerprint density at radius 1 is 1.19 bits per heavy atom. The molecule has 0 fully saturated rings. The van der Waals surface area contributed by atoms with Gasteiger partial charge in [-0.05, 0) is 31.5 Å². The molecule has 0 saturated heterocycles. The zero-order chi connectivity index (χ0) is 15.3. The highest BCUT2D eigenvalue weighted by molar-refractivity contribution is 5.92. The van der Waals surface area contributed by atoms with E-state index in [1.165, 1.54) is 6.26 Å². The molecule has 0 atom stereocenters. The zero-order valence-corrected chi connectivity index (χ0v) is 12.7. The van der Waals surface area contributed by atoms with Gasteiger partial charge in [-0.2, -0.15) is 0 Å². The summed E-state index contributed by atoms with van der Waals surface area (Å²) in [5, 5.41) is 0. The maximum Gasteiger partial charge on any atom is 0.290 e. The second-order valence-corrected chi connectivity index (χ2v) is 5.60. The van der Waals surface area contributed by atoms with Crippen LogP contribution in [0.15, 0.2) is 53.1 Å². The van der Waals surface area contributed by atoms with Crippen molar-refractivity contribution in [2.24, 2.45) is 0 Å². The van der Waals surface area contributed by atoms with E-state index in [1.54, 1.807) is 24.1 Å². The van der Waals surface area contributed by atoms with Crippen molar-refractivity contribution in [2.75, 3.05) is 13.7 Å². The maximum atomic E-state index is 12.7. The zero-order valence-electron chi connectivity index (χ0n) is 12.7. The Morgan fingerprint density at radius 3 is 2.48 bits per heavy atom. The standard InChI is InChI=1S/C17H21NO3/c1-17(2,13-20-3)18(12-14-8-5-4-6-9-14)16(19)15-10-7-11-21-15/h4-11H,12-13H2,1-3H3. The van der Waals surface area contributed by atoms with E-state index in [2.05, 4.69) is 0 Å². The Balaban J connectivity index is 2.28. The van der Waals surface area contributed by atoms with Gasteiger partial charge in [-0.1, -0.05) is 30.3 Å². The molecule has 1 aromatic carbocycles. The van der Waals surface area contributed by atoms with E-state index in [-0.39, 0.29) is 5.91 Å². The summed E-state index contributed by atoms with van der Waals surface area (Å²) in [6, 6.07) is 13.3. The summed E-state index contributed by atoms with van der Waals surface area (Å²) in [5.41, 5.74) is 0.635. The smallest absolute Gasteiger partial charge is 0.290 e. The highest BCUT2D eigenvalue weighted by Crippen LogP contribution is 2.22. The normalized spacial score (nSPS) is 11.4. The monoisotopic (exact) mass is 287 g/mol. The van der Waals surface area contributed by atoms with Crippen molar-refractivity contribution in [3.05, 3.63) is 60.1 Å². The lowest BCUT2D eigenvalue weighted by atomic mass is 10.0. The minimum atomic E-state index is -0.436. The average molecular weight is 287 g/mol. The molecule has 1 aromatic heterocycles. The van der Waals surface area contributed by atoms with Crippen LogP contribution in [-0.4, -0.2) is 30.1 Å². The average Bonchev–Trinajstić information content (AvgIpc) is 2.99. The van der Waals surface area contributed by atoms with Crippen LogP contribution < -0.4 is 0 Å². The fourth-order valence-electron chi connectivity index (χ4n) is 2.29. The van der Waals surface area contributed by atoms with Gasteiger partial charge in [-0.15, -0.1) is 0 Å². The number of methoxy groups -OCH3 is 1. The van der Waals surface area contributed by atoms with Crippen LogP contribution in [0.2, 0.25) is 0 Å². The van der Waals surface area contributed by atoms with Gasteiger partial charge in [0, 0.05) is 13.7 Å². The van der Waals surface area contributed by atoms with E-state index < -0.39 is 5.54 Å². The number of benzene rings is 1. The molecule has 2 aromatic rings. The van der Waals surface area contributed by atoms with Crippen molar-refractivity contribution in [1.29, 1.82) is 0 Å². The minimum Gasteiger partial charge on any atom is -0.459 e. The number of ether oxygens (including phenoxy) is 1. The van der Waals surface area contributed by atoms with Crippen LogP contribution in [0.5, 0.6) is 0 Å². The molecule has 1 amide bonds. The summed E-state index contributed by atoms with van der Waals surface area (Å²) in [6.45, 7) is 4.93. The predicted octanol–water partition coefficient (Wildman–Crippen LogP) is 3.35. The Labute approximate surface area is 125 Å². The topological polar surface area (TPSA) is 42.7 Å². The molecule has 21 heavy (non-hydrogen) atoms. The van der Waals surface area contributed by atoms with Gasteiger partial charge in [-0.25, -0.2) is 0 Å². The van der Waals surface area contributed by atoms with Crippen LogP contribution in [0.25, 0.3) is 0 Å². The van der Waals surface area contributed by atoms with Crippen LogP contribution in [0, 0.1) is 0 Å². The van der Waals surface area contributed by atoms with E-state index in [1.807, 2.05) is 44.2 Å². The van der Waals surface area contributed by atoms with Crippen molar-refractivity contribution < 1.29 is 13.9 Å². The predicted molar refractivity (Wildman–Crippen MR) is 81.0 cm³/mol. The molecule has 0 unspecified atom stereocenters. The Hall–Kier alpha value is -2.07. The van der Waals surface area contributed by atoms with Gasteiger partial charge in [0.2, 0.25) is 0 Å². The third-order valence-corrected chi connectivity index (χ3v) is 3.39. The number of nitrogens with zero attached hydrogens (tertiary/aromatic N) is 1. The number of hydrogen-bond acceptors (Lipinski definition) is 3. The molecule has 0 N–H and O–H groups in total. The van der Waals surface area contributed by atoms with Crippen molar-refractivity contribution in [2.45, 2.75) is 25.9 Å². The highest BCUT2D eigenvalue weighted by atomic mass is 16.5. The molecule has 112 valence electrons. The molecule has 0 bridgehead atoms. The van der Waals surface area contributed by atoms with Crippen molar-refractivity contribution in [3.63, 3.8) is 0 Å². The van der Waals surface area contributed by atoms with Crippen molar-refractivity contribution in [3.8, 4) is 0 Å². The quantitative estimate of drug-likeness (QED) is 0.818. The fraction of sp³-hybridized carbons (Fsp3) is 0.353. The summed E-state index contributed by atoms with van der Waals surface area (Å²) >= 11 is 0. The van der Waals surface area contributed by atoms with Gasteiger partial charge in [0.1, 0.15) is 0 Å². The molecule has 1 heterocycles. The van der Waals surface area contributed by atoms with Crippen molar-refractivity contribution >= 4 is 5.91 Å². The number of amides is 1. The van der Waals surface area contributed by atoms with Gasteiger partial charge in [0.25, 0.3) is 5.91 Å². The molecule has 4 nitrogen and oxygen atoms in total. The van der Waals surface area contributed by atoms with Crippen molar-refractivity contribution in [1.82, 2.24) is 4.90 Å². The first-order chi connectivity index (χ1) is 10.0. The summed E-state index contributed by atoms with van der Waals surface area (Å²) < 4.78 is 10.5. The SMILES string of the molecule is COCC(C)(C)N(Cc1ccccc1)C(=O)c1ccco1. The first-order valence-corrected chi connectivity index (χ1v) is 6.93. The molecule has 0 aliphatic rings. The molecule has 4 heteroatoms. The molecule has 0 saturated carbocycles. The lowest BCUT2D eigenvalue weighted by Gasteiger charge is -2.37. The Bertz CT molecular complexity index is 561. The summed E-state index contributed by atoms with van der Waals surface area (Å²) in [6.07, 6.45) is 1.51. The van der Waals surface area contributed by atoms with Crippen LogP contribution in [-0.2, 0) is 11.3 Å². The lowest BCUT2D eigenvalue weighted by Crippen LogP contribution is -2.50. The molecular weight excluding hydrogens is 266 g/mol. The lowest BCUT2D eigenvalue weighted by molar-refractivity contribution is 0.0207. The van der Waals surface area contributed by atoms with E-state index in [9.17, 15) is 4.79 Å². The van der Waals surface area contributed by atoms with Gasteiger partial charge < -0.3 is 14.1 Å². The number of hydrogen-bond donors (Lipinski definition) is 0. The fourth-order valence-corrected chi connectivity index (χ4v) is 2.29.